The minimum atomic E-state index is -0.364. The van der Waals surface area contributed by atoms with Crippen LogP contribution in [0.1, 0.15) is 16.8 Å². The molecule has 0 saturated carbocycles. The Hall–Kier alpha value is -5.93. The van der Waals surface area contributed by atoms with Crippen molar-refractivity contribution < 1.29 is 14.2 Å². The predicted octanol–water partition coefficient (Wildman–Crippen LogP) is 5.39. The van der Waals surface area contributed by atoms with Crippen molar-refractivity contribution in [3.05, 3.63) is 133 Å². The Balaban J connectivity index is 0.979. The van der Waals surface area contributed by atoms with E-state index in [1.54, 1.807) is 35.5 Å². The zero-order valence-corrected chi connectivity index (χ0v) is 35.5. The molecular weight excluding hydrogens is 864 g/mol. The van der Waals surface area contributed by atoms with Gasteiger partial charge in [0.25, 0.3) is 11.1 Å². The molecule has 0 aliphatic rings. The summed E-state index contributed by atoms with van der Waals surface area (Å²) in [5.74, 6) is -0.676. The Labute approximate surface area is 362 Å². The van der Waals surface area contributed by atoms with Crippen molar-refractivity contribution in [1.29, 1.82) is 0 Å². The molecule has 8 aromatic rings. The molecule has 21 heteroatoms. The molecule has 2 amide bonds. The lowest BCUT2D eigenvalue weighted by Gasteiger charge is -2.13. The van der Waals surface area contributed by atoms with Crippen LogP contribution in [0.15, 0.2) is 111 Å². The molecule has 0 radical (unpaired) electrons. The number of hydrogen-bond acceptors (Lipinski definition) is 15. The van der Waals surface area contributed by atoms with Crippen LogP contribution in [-0.4, -0.2) is 67.3 Å². The van der Waals surface area contributed by atoms with E-state index in [0.29, 0.717) is 50.0 Å². The minimum absolute atomic E-state index is 0.00371. The van der Waals surface area contributed by atoms with Crippen molar-refractivity contribution in [2.24, 2.45) is 0 Å². The van der Waals surface area contributed by atoms with Crippen molar-refractivity contribution in [2.75, 3.05) is 22.1 Å². The Bertz CT molecular complexity index is 2980. The molecule has 8 rings (SSSR count). The Morgan fingerprint density at radius 3 is 2.17 bits per heavy atom. The number of nitrogens with one attached hydrogen (secondary N) is 2. The molecule has 60 heavy (non-hydrogen) atoms. The second-order valence-corrected chi connectivity index (χ2v) is 17.4. The van der Waals surface area contributed by atoms with Crippen LogP contribution in [0.5, 0.6) is 0 Å². The van der Waals surface area contributed by atoms with Crippen LogP contribution in [0.2, 0.25) is 4.34 Å². The lowest BCUT2D eigenvalue weighted by Crippen LogP contribution is -2.33. The van der Waals surface area contributed by atoms with Crippen LogP contribution >= 0.6 is 57.8 Å². The lowest BCUT2D eigenvalue weighted by atomic mass is 10.1. The molecule has 6 heterocycles. The Kier molecular flexibility index (Phi) is 12.6. The number of amides is 2. The topological polar surface area (TPSA) is 196 Å². The maximum atomic E-state index is 13.8. The maximum Gasteiger partial charge on any atom is 0.347 e. The average Bonchev–Trinajstić information content (AvgIpc) is 3.91. The molecule has 0 fully saturated rings. The van der Waals surface area contributed by atoms with E-state index in [-0.39, 0.29) is 63.3 Å². The molecule has 6 aromatic heterocycles. The number of carbonyl (C=O) groups excluding carboxylic acids is 2. The monoisotopic (exact) mass is 895 g/mol. The average molecular weight is 896 g/mol. The first-order chi connectivity index (χ1) is 29.2. The highest BCUT2D eigenvalue weighted by Gasteiger charge is 2.23. The molecule has 2 N–H and O–H groups in total. The van der Waals surface area contributed by atoms with Crippen molar-refractivity contribution in [3.63, 3.8) is 0 Å². The summed E-state index contributed by atoms with van der Waals surface area (Å²) in [6, 6.07) is 17.4. The first-order valence-corrected chi connectivity index (χ1v) is 22.3. The summed E-state index contributed by atoms with van der Waals surface area (Å²) in [5.41, 5.74) is 3.26. The molecule has 0 aliphatic carbocycles. The summed E-state index contributed by atoms with van der Waals surface area (Å²) in [7, 11) is 0. The summed E-state index contributed by atoms with van der Waals surface area (Å²) in [6.45, 7) is 2.33. The highest BCUT2D eigenvalue weighted by atomic mass is 35.5. The summed E-state index contributed by atoms with van der Waals surface area (Å²) < 4.78 is 5.27. The van der Waals surface area contributed by atoms with E-state index < -0.39 is 0 Å². The fourth-order valence-electron chi connectivity index (χ4n) is 6.06. The van der Waals surface area contributed by atoms with E-state index >= 15 is 0 Å². The number of benzene rings is 2. The van der Waals surface area contributed by atoms with Gasteiger partial charge in [-0.3, -0.25) is 23.5 Å². The van der Waals surface area contributed by atoms with E-state index in [1.807, 2.05) is 54.6 Å². The van der Waals surface area contributed by atoms with Gasteiger partial charge in [0.2, 0.25) is 5.91 Å². The number of rotatable bonds is 15. The number of nitrogens with zero attached hydrogens (tertiary/aromatic N) is 10. The van der Waals surface area contributed by atoms with E-state index in [0.717, 1.165) is 40.3 Å². The van der Waals surface area contributed by atoms with Crippen LogP contribution < -0.4 is 26.3 Å². The highest BCUT2D eigenvalue weighted by Crippen LogP contribution is 2.25. The maximum absolute atomic E-state index is 13.8. The zero-order valence-electron chi connectivity index (χ0n) is 31.5. The Morgan fingerprint density at radius 2 is 1.43 bits per heavy atom. The largest absolute Gasteiger partial charge is 0.347 e. The van der Waals surface area contributed by atoms with Gasteiger partial charge < -0.3 is 5.32 Å². The van der Waals surface area contributed by atoms with Gasteiger partial charge in [-0.15, -0.1) is 11.3 Å². The molecular formula is C39H32ClN12O4S4+. The van der Waals surface area contributed by atoms with Crippen molar-refractivity contribution in [3.8, 4) is 5.69 Å². The molecule has 2 aromatic carbocycles. The zero-order chi connectivity index (χ0) is 41.6. The fourth-order valence-corrected chi connectivity index (χ4v) is 9.31. The van der Waals surface area contributed by atoms with Gasteiger partial charge in [0, 0.05) is 37.1 Å². The van der Waals surface area contributed by atoms with Gasteiger partial charge >= 0.3 is 11.0 Å². The number of aromatic nitrogens is 10. The molecule has 0 atom stereocenters. The number of aryl methyl sites for hydroxylation is 3. The molecule has 0 saturated heterocycles. The quantitative estimate of drug-likeness (QED) is 0.0756. The molecule has 0 aliphatic heterocycles. The van der Waals surface area contributed by atoms with Gasteiger partial charge in [-0.05, 0) is 54.4 Å². The summed E-state index contributed by atoms with van der Waals surface area (Å²) in [6.07, 6.45) is 8.79. The van der Waals surface area contributed by atoms with Crippen molar-refractivity contribution in [1.82, 2.24) is 44.0 Å². The number of hydrogen-bond donors (Lipinski definition) is 2. The second-order valence-electron chi connectivity index (χ2n) is 13.0. The number of thiazole rings is 2. The minimum Gasteiger partial charge on any atom is -0.301 e. The number of halogens is 1. The standard InChI is InChI=1S/C39H31ClN12O4S4/c1-23-19-44-33-31(45-23)35(56)51(38(49-33)58-21-28(53)46-36-43-14-17-57-36)16-11-25-8-5-9-26(18-25)52-20-27(40)60-39(52)47-29(54)22-59-37-48-32-30(41-12-13-42-32)34(55)50(37)15-10-24-6-3-2-4-7-24/h2-9,12-14,17-20H,10-11,15-16,21-22H2,1H3,(H,43,46,53)/p+1. The molecule has 0 bridgehead atoms. The smallest absolute Gasteiger partial charge is 0.301 e. The van der Waals surface area contributed by atoms with E-state index in [4.69, 9.17) is 11.6 Å². The first kappa shape index (κ1) is 40.8. The van der Waals surface area contributed by atoms with E-state index in [9.17, 15) is 19.2 Å². The summed E-state index contributed by atoms with van der Waals surface area (Å²) in [4.78, 5) is 84.0. The molecule has 302 valence electrons. The molecule has 16 nitrogen and oxygen atoms in total. The summed E-state index contributed by atoms with van der Waals surface area (Å²) in [5, 5.41) is 9.12. The number of thioether (sulfide) groups is 2. The van der Waals surface area contributed by atoms with Crippen LogP contribution in [0.3, 0.4) is 0 Å². The highest BCUT2D eigenvalue weighted by molar-refractivity contribution is 8.00. The van der Waals surface area contributed by atoms with Gasteiger partial charge in [0.05, 0.1) is 17.6 Å². The first-order valence-electron chi connectivity index (χ1n) is 18.2. The lowest BCUT2D eigenvalue weighted by molar-refractivity contribution is -0.575. The number of fused-ring (bicyclic) bond motifs is 2. The van der Waals surface area contributed by atoms with Gasteiger partial charge in [0.1, 0.15) is 22.0 Å². The van der Waals surface area contributed by atoms with Crippen LogP contribution in [0, 0.1) is 6.92 Å². The fraction of sp³-hybridized carbons (Fsp3) is 0.179. The third-order valence-corrected chi connectivity index (χ3v) is 12.6. The van der Waals surface area contributed by atoms with Gasteiger partial charge in [0.15, 0.2) is 37.8 Å². The van der Waals surface area contributed by atoms with E-state index in [2.05, 4.69) is 45.5 Å². The van der Waals surface area contributed by atoms with Gasteiger partial charge in [-0.2, -0.15) is 9.88 Å². The van der Waals surface area contributed by atoms with Crippen LogP contribution in [0.25, 0.3) is 28.0 Å². The van der Waals surface area contributed by atoms with Crippen LogP contribution in [0.4, 0.5) is 10.3 Å². The predicted molar refractivity (Wildman–Crippen MR) is 233 cm³/mol. The van der Waals surface area contributed by atoms with Gasteiger partial charge in [-0.25, -0.2) is 39.7 Å². The number of anilines is 2. The van der Waals surface area contributed by atoms with Crippen LogP contribution in [-0.2, 0) is 35.5 Å². The molecule has 0 unspecified atom stereocenters. The van der Waals surface area contributed by atoms with E-state index in [1.165, 1.54) is 44.2 Å². The SMILES string of the molecule is Cc1cnc2nc(SCC(=O)Nc3nccs3)n(CCc3cccc(-[n+]4cc(Cl)sc4NC(=O)CSc4nc5nccnc5c(=O)n4CCc4ccccc4)c3)c(=O)c2n1. The van der Waals surface area contributed by atoms with Crippen molar-refractivity contribution in [2.45, 2.75) is 43.2 Å². The normalized spacial score (nSPS) is 11.3. The van der Waals surface area contributed by atoms with Gasteiger partial charge in [-0.1, -0.05) is 77.6 Å². The Morgan fingerprint density at radius 1 is 0.767 bits per heavy atom. The van der Waals surface area contributed by atoms with Crippen molar-refractivity contribution >= 4 is 102 Å². The molecule has 0 spiro atoms. The second kappa shape index (κ2) is 18.6. The summed E-state index contributed by atoms with van der Waals surface area (Å²) >= 11 is 11.3. The third kappa shape index (κ3) is 9.58. The number of carbonyl (C=O) groups is 2. The third-order valence-electron chi connectivity index (χ3n) is 8.83.